The first-order chi connectivity index (χ1) is 17.4. The van der Waals surface area contributed by atoms with Crippen LogP contribution in [0.5, 0.6) is 0 Å². The Kier molecular flexibility index (Phi) is 6.60. The fourth-order valence-electron chi connectivity index (χ4n) is 4.68. The van der Waals surface area contributed by atoms with Gasteiger partial charge in [0.2, 0.25) is 5.91 Å². The zero-order valence-electron chi connectivity index (χ0n) is 19.4. The van der Waals surface area contributed by atoms with E-state index in [1.807, 2.05) is 0 Å². The van der Waals surface area contributed by atoms with E-state index in [1.165, 1.54) is 6.07 Å². The lowest BCUT2D eigenvalue weighted by molar-refractivity contribution is -0.135. The van der Waals surface area contributed by atoms with Gasteiger partial charge >= 0.3 is 0 Å². The quantitative estimate of drug-likeness (QED) is 0.486. The van der Waals surface area contributed by atoms with E-state index >= 15 is 0 Å². The molecule has 1 fully saturated rings. The monoisotopic (exact) mass is 493 g/mol. The molecule has 186 valence electrons. The summed E-state index contributed by atoms with van der Waals surface area (Å²) in [6, 6.07) is 10.4. The van der Waals surface area contributed by atoms with Crippen LogP contribution < -0.4 is 10.6 Å². The fourth-order valence-corrected chi connectivity index (χ4v) is 4.68. The predicted octanol–water partition coefficient (Wildman–Crippen LogP) is 3.32. The average Bonchev–Trinajstić information content (AvgIpc) is 3.26. The van der Waals surface area contributed by atoms with E-state index in [0.717, 1.165) is 37.0 Å². The molecule has 2 aliphatic heterocycles. The van der Waals surface area contributed by atoms with Crippen molar-refractivity contribution < 1.29 is 23.5 Å². The van der Waals surface area contributed by atoms with Crippen molar-refractivity contribution >= 4 is 23.3 Å². The van der Waals surface area contributed by atoms with E-state index in [9.17, 15) is 23.5 Å². The van der Waals surface area contributed by atoms with E-state index in [-0.39, 0.29) is 60.2 Å². The summed E-state index contributed by atoms with van der Waals surface area (Å²) in [5.74, 6) is -2.04. The highest BCUT2D eigenvalue weighted by Crippen LogP contribution is 2.30. The van der Waals surface area contributed by atoms with Crippen molar-refractivity contribution in [1.29, 1.82) is 0 Å². The Morgan fingerprint density at radius 1 is 1.08 bits per heavy atom. The number of piperidine rings is 1. The summed E-state index contributed by atoms with van der Waals surface area (Å²) >= 11 is 0. The third-order valence-electron chi connectivity index (χ3n) is 6.54. The lowest BCUT2D eigenvalue weighted by atomic mass is 10.0. The lowest BCUT2D eigenvalue weighted by Crippen LogP contribution is -2.46. The third-order valence-corrected chi connectivity index (χ3v) is 6.54. The number of carbonyl (C=O) groups excluding carboxylic acids is 2. The summed E-state index contributed by atoms with van der Waals surface area (Å²) in [5, 5.41) is 15.3. The van der Waals surface area contributed by atoms with Gasteiger partial charge in [-0.3, -0.25) is 9.59 Å². The first-order valence-corrected chi connectivity index (χ1v) is 11.8. The van der Waals surface area contributed by atoms with Gasteiger partial charge in [-0.2, -0.15) is 0 Å². The number of likely N-dealkylation sites (tertiary alicyclic amines) is 1. The van der Waals surface area contributed by atoms with Crippen molar-refractivity contribution in [3.8, 4) is 11.4 Å². The van der Waals surface area contributed by atoms with E-state index in [2.05, 4.69) is 20.6 Å². The molecule has 3 N–H and O–H groups in total. The van der Waals surface area contributed by atoms with Gasteiger partial charge in [-0.05, 0) is 49.1 Å². The molecule has 3 heterocycles. The topological polar surface area (TPSA) is 107 Å². The van der Waals surface area contributed by atoms with E-state index in [0.29, 0.717) is 17.9 Å². The number of aliphatic hydroxyl groups excluding tert-OH is 1. The lowest BCUT2D eigenvalue weighted by Gasteiger charge is -2.34. The van der Waals surface area contributed by atoms with Gasteiger partial charge in [0.05, 0.1) is 36.9 Å². The molecule has 2 aliphatic rings. The predicted molar refractivity (Wildman–Crippen MR) is 128 cm³/mol. The summed E-state index contributed by atoms with van der Waals surface area (Å²) in [4.78, 5) is 35.4. The average molecular weight is 494 g/mol. The highest BCUT2D eigenvalue weighted by molar-refractivity contribution is 6.03. The Labute approximate surface area is 206 Å². The molecule has 0 saturated carbocycles. The van der Waals surface area contributed by atoms with Gasteiger partial charge in [0.25, 0.3) is 5.91 Å². The molecule has 10 heteroatoms. The number of nitrogens with zero attached hydrogens (tertiary/aromatic N) is 3. The number of halogens is 2. The van der Waals surface area contributed by atoms with Gasteiger partial charge in [0, 0.05) is 12.2 Å². The second-order valence-corrected chi connectivity index (χ2v) is 8.91. The highest BCUT2D eigenvalue weighted by Gasteiger charge is 2.29. The molecule has 8 nitrogen and oxygen atoms in total. The summed E-state index contributed by atoms with van der Waals surface area (Å²) in [7, 11) is 0. The molecule has 3 aromatic rings. The van der Waals surface area contributed by atoms with Crippen LogP contribution in [0, 0.1) is 11.6 Å². The Balaban J connectivity index is 1.38. The zero-order valence-corrected chi connectivity index (χ0v) is 19.4. The van der Waals surface area contributed by atoms with Crippen LogP contribution in [0.25, 0.3) is 11.4 Å². The van der Waals surface area contributed by atoms with Crippen LogP contribution in [0.2, 0.25) is 0 Å². The molecule has 0 spiro atoms. The molecule has 1 saturated heterocycles. The second kappa shape index (κ2) is 9.98. The number of nitrogens with one attached hydrogen (secondary N) is 2. The Bertz CT molecular complexity index is 1300. The number of hydrogen-bond acceptors (Lipinski definition) is 6. The van der Waals surface area contributed by atoms with Crippen molar-refractivity contribution in [2.45, 2.75) is 38.3 Å². The van der Waals surface area contributed by atoms with Crippen LogP contribution in [0.4, 0.5) is 20.3 Å². The third kappa shape index (κ3) is 4.64. The van der Waals surface area contributed by atoms with Crippen molar-refractivity contribution in [2.75, 3.05) is 18.5 Å². The number of anilines is 2. The van der Waals surface area contributed by atoms with Crippen LogP contribution in [0.15, 0.2) is 42.5 Å². The van der Waals surface area contributed by atoms with E-state index in [4.69, 9.17) is 0 Å². The summed E-state index contributed by atoms with van der Waals surface area (Å²) in [6.07, 6.45) is 2.95. The smallest absolute Gasteiger partial charge is 0.257 e. The van der Waals surface area contributed by atoms with Gasteiger partial charge in [0.1, 0.15) is 23.0 Å². The first-order valence-electron chi connectivity index (χ1n) is 11.8. The molecule has 1 atom stereocenters. The Hall–Kier alpha value is -3.92. The van der Waals surface area contributed by atoms with E-state index in [1.54, 1.807) is 29.2 Å². The highest BCUT2D eigenvalue weighted by atomic mass is 19.1. The Morgan fingerprint density at radius 2 is 1.83 bits per heavy atom. The molecular weight excluding hydrogens is 468 g/mol. The molecule has 1 aromatic heterocycles. The van der Waals surface area contributed by atoms with Gasteiger partial charge in [-0.15, -0.1) is 0 Å². The van der Waals surface area contributed by atoms with Crippen LogP contribution in [0.1, 0.15) is 40.9 Å². The first kappa shape index (κ1) is 23.8. The molecule has 36 heavy (non-hydrogen) atoms. The second-order valence-electron chi connectivity index (χ2n) is 8.91. The maximum atomic E-state index is 14.4. The van der Waals surface area contributed by atoms with Gasteiger partial charge < -0.3 is 20.6 Å². The van der Waals surface area contributed by atoms with Crippen molar-refractivity contribution in [3.63, 3.8) is 0 Å². The molecule has 0 bridgehead atoms. The van der Waals surface area contributed by atoms with E-state index < -0.39 is 11.6 Å². The van der Waals surface area contributed by atoms with Gasteiger partial charge in [0.15, 0.2) is 5.82 Å². The van der Waals surface area contributed by atoms with Crippen LogP contribution >= 0.6 is 0 Å². The number of aliphatic hydroxyl groups is 1. The van der Waals surface area contributed by atoms with Crippen molar-refractivity contribution in [3.05, 3.63) is 70.9 Å². The normalized spacial score (nSPS) is 17.0. The molecular formula is C26H25F2N5O3. The minimum atomic E-state index is -0.802. The van der Waals surface area contributed by atoms with Crippen LogP contribution in [0.3, 0.4) is 0 Å². The zero-order chi connectivity index (χ0) is 25.2. The SMILES string of the molecule is O=C1NCc2nc(-c3c(F)cccc3F)nc(Nc3ccc(CC(=O)N4CCCCC4CO)cc3)c21. The number of aromatic nitrogens is 2. The molecule has 5 rings (SSSR count). The fraction of sp³-hybridized carbons (Fsp3) is 0.308. The summed E-state index contributed by atoms with van der Waals surface area (Å²) in [6.45, 7) is 0.737. The molecule has 2 amide bonds. The Morgan fingerprint density at radius 3 is 2.56 bits per heavy atom. The molecule has 1 unspecified atom stereocenters. The van der Waals surface area contributed by atoms with Crippen molar-refractivity contribution in [1.82, 2.24) is 20.2 Å². The number of rotatable bonds is 6. The van der Waals surface area contributed by atoms with Crippen molar-refractivity contribution in [2.24, 2.45) is 0 Å². The number of fused-ring (bicyclic) bond motifs is 1. The maximum absolute atomic E-state index is 14.4. The standard InChI is InChI=1S/C26H25F2N5O3/c27-18-5-3-6-19(28)22(18)24-31-20-13-29-26(36)23(20)25(32-24)30-16-9-7-15(8-10-16)12-21(35)33-11-2-1-4-17(33)14-34/h3,5-10,17,34H,1-2,4,11-14H2,(H,29,36)(H,30,31,32). The molecule has 0 aliphatic carbocycles. The summed E-state index contributed by atoms with van der Waals surface area (Å²) in [5.41, 5.74) is 1.58. The molecule has 0 radical (unpaired) electrons. The number of carbonyl (C=O) groups is 2. The van der Waals surface area contributed by atoms with Crippen LogP contribution in [-0.2, 0) is 17.8 Å². The largest absolute Gasteiger partial charge is 0.394 e. The minimum absolute atomic E-state index is 0.0312. The summed E-state index contributed by atoms with van der Waals surface area (Å²) < 4.78 is 28.8. The van der Waals surface area contributed by atoms with Crippen LogP contribution in [-0.4, -0.2) is 51.0 Å². The minimum Gasteiger partial charge on any atom is -0.394 e. The molecule has 2 aromatic carbocycles. The number of amides is 2. The van der Waals surface area contributed by atoms with Gasteiger partial charge in [-0.25, -0.2) is 18.7 Å². The number of benzene rings is 2. The maximum Gasteiger partial charge on any atom is 0.257 e. The number of hydrogen-bond donors (Lipinski definition) is 3. The van der Waals surface area contributed by atoms with Gasteiger partial charge in [-0.1, -0.05) is 18.2 Å².